The molecule has 20 heavy (non-hydrogen) atoms. The normalized spacial score (nSPS) is 16.1. The van der Waals surface area contributed by atoms with Crippen molar-refractivity contribution in [3.8, 4) is 0 Å². The van der Waals surface area contributed by atoms with Crippen LogP contribution in [0.2, 0.25) is 0 Å². The molecule has 0 atom stereocenters. The summed E-state index contributed by atoms with van der Waals surface area (Å²) in [5.41, 5.74) is 9.77. The van der Waals surface area contributed by atoms with Crippen LogP contribution in [0.25, 0.3) is 5.70 Å². The Bertz CT molecular complexity index is 718. The third-order valence-corrected chi connectivity index (χ3v) is 4.67. The molecule has 2 nitrogen and oxygen atoms in total. The number of Topliss-reactive ketones (excluding diaryl/α,β-unsaturated/α-hetero) is 1. The summed E-state index contributed by atoms with van der Waals surface area (Å²) >= 11 is 1.47. The van der Waals surface area contributed by atoms with E-state index in [1.54, 1.807) is 0 Å². The summed E-state index contributed by atoms with van der Waals surface area (Å²) in [6.07, 6.45) is 0.899. The number of carbonyl (C=O) groups is 1. The largest absolute Gasteiger partial charge is 0.397 e. The number of hydrogen-bond donors (Lipinski definition) is 1. The molecule has 0 aliphatic carbocycles. The summed E-state index contributed by atoms with van der Waals surface area (Å²) in [7, 11) is 0. The number of aryl methyl sites for hydroxylation is 1. The van der Waals surface area contributed by atoms with Crippen molar-refractivity contribution in [3.05, 3.63) is 70.1 Å². The zero-order valence-electron chi connectivity index (χ0n) is 11.2. The zero-order valence-corrected chi connectivity index (χ0v) is 12.0. The van der Waals surface area contributed by atoms with Gasteiger partial charge in [0, 0.05) is 16.0 Å². The number of ketones is 1. The van der Waals surface area contributed by atoms with Gasteiger partial charge in [-0.1, -0.05) is 55.1 Å². The Kier molecular flexibility index (Phi) is 3.36. The first kappa shape index (κ1) is 13.0. The summed E-state index contributed by atoms with van der Waals surface area (Å²) in [5.74, 6) is 0.0361. The van der Waals surface area contributed by atoms with Crippen molar-refractivity contribution in [2.24, 2.45) is 5.73 Å². The molecule has 2 aromatic carbocycles. The molecular formula is C17H15NOS. The number of carbonyl (C=O) groups excluding carboxylic acids is 1. The average Bonchev–Trinajstić information content (AvgIpc) is 2.84. The molecule has 0 unspecified atom stereocenters. The van der Waals surface area contributed by atoms with Crippen molar-refractivity contribution in [2.75, 3.05) is 0 Å². The molecule has 3 rings (SSSR count). The fourth-order valence-corrected chi connectivity index (χ4v) is 3.47. The summed E-state index contributed by atoms with van der Waals surface area (Å²) < 4.78 is 0. The van der Waals surface area contributed by atoms with Gasteiger partial charge in [0.05, 0.1) is 10.6 Å². The fraction of sp³-hybridized carbons (Fsp3) is 0.118. The van der Waals surface area contributed by atoms with E-state index >= 15 is 0 Å². The summed E-state index contributed by atoms with van der Waals surface area (Å²) in [4.78, 5) is 14.1. The molecule has 1 aliphatic rings. The lowest BCUT2D eigenvalue weighted by molar-refractivity contribution is 0.104. The van der Waals surface area contributed by atoms with Gasteiger partial charge < -0.3 is 5.73 Å². The van der Waals surface area contributed by atoms with E-state index < -0.39 is 0 Å². The minimum Gasteiger partial charge on any atom is -0.397 e. The molecule has 0 saturated carbocycles. The zero-order chi connectivity index (χ0) is 14.1. The van der Waals surface area contributed by atoms with Crippen molar-refractivity contribution in [1.29, 1.82) is 0 Å². The highest BCUT2D eigenvalue weighted by Gasteiger charge is 2.28. The van der Waals surface area contributed by atoms with Gasteiger partial charge in [-0.3, -0.25) is 4.79 Å². The van der Waals surface area contributed by atoms with Gasteiger partial charge in [0.2, 0.25) is 5.78 Å². The first-order chi connectivity index (χ1) is 9.72. The first-order valence-electron chi connectivity index (χ1n) is 6.62. The standard InChI is InChI=1S/C17H15NOS/c1-2-11-7-3-4-8-12(11)15(18)17-16(19)13-9-5-6-10-14(13)20-17/h3-10H,2,18H2,1H3/b17-15+. The molecule has 0 aromatic heterocycles. The third-order valence-electron chi connectivity index (χ3n) is 3.48. The number of rotatable bonds is 2. The smallest absolute Gasteiger partial charge is 0.202 e. The number of nitrogens with two attached hydrogens (primary N) is 1. The van der Waals surface area contributed by atoms with Crippen LogP contribution >= 0.6 is 11.8 Å². The van der Waals surface area contributed by atoms with Crippen LogP contribution in [-0.4, -0.2) is 5.78 Å². The first-order valence-corrected chi connectivity index (χ1v) is 7.43. The maximum absolute atomic E-state index is 12.5. The van der Waals surface area contributed by atoms with Gasteiger partial charge in [-0.15, -0.1) is 0 Å². The van der Waals surface area contributed by atoms with E-state index in [1.807, 2.05) is 42.5 Å². The van der Waals surface area contributed by atoms with E-state index in [0.717, 1.165) is 22.4 Å². The lowest BCUT2D eigenvalue weighted by Gasteiger charge is -2.09. The van der Waals surface area contributed by atoms with Crippen molar-refractivity contribution in [1.82, 2.24) is 0 Å². The number of allylic oxidation sites excluding steroid dienone is 1. The van der Waals surface area contributed by atoms with Crippen molar-refractivity contribution in [3.63, 3.8) is 0 Å². The average molecular weight is 281 g/mol. The van der Waals surface area contributed by atoms with E-state index in [1.165, 1.54) is 17.3 Å². The van der Waals surface area contributed by atoms with Crippen LogP contribution in [0, 0.1) is 0 Å². The monoisotopic (exact) mass is 281 g/mol. The molecule has 0 radical (unpaired) electrons. The van der Waals surface area contributed by atoms with Crippen LogP contribution in [0.4, 0.5) is 0 Å². The Balaban J connectivity index is 2.11. The molecule has 2 N–H and O–H groups in total. The maximum Gasteiger partial charge on any atom is 0.202 e. The predicted molar refractivity (Wildman–Crippen MR) is 83.6 cm³/mol. The molecule has 1 heterocycles. The molecule has 0 bridgehead atoms. The summed E-state index contributed by atoms with van der Waals surface area (Å²) in [6, 6.07) is 15.6. The van der Waals surface area contributed by atoms with E-state index in [4.69, 9.17) is 5.73 Å². The Morgan fingerprint density at radius 1 is 1.10 bits per heavy atom. The van der Waals surface area contributed by atoms with Gasteiger partial charge in [0.25, 0.3) is 0 Å². The number of hydrogen-bond acceptors (Lipinski definition) is 3. The highest BCUT2D eigenvalue weighted by molar-refractivity contribution is 8.05. The maximum atomic E-state index is 12.5. The minimum atomic E-state index is 0.0361. The molecule has 2 aromatic rings. The fourth-order valence-electron chi connectivity index (χ4n) is 2.41. The van der Waals surface area contributed by atoms with Crippen molar-refractivity contribution >= 4 is 23.2 Å². The third kappa shape index (κ3) is 2.04. The van der Waals surface area contributed by atoms with Crippen LogP contribution in [0.15, 0.2) is 58.3 Å². The van der Waals surface area contributed by atoms with E-state index in [2.05, 4.69) is 13.0 Å². The molecule has 0 saturated heterocycles. The molecule has 0 spiro atoms. The topological polar surface area (TPSA) is 43.1 Å². The van der Waals surface area contributed by atoms with E-state index in [-0.39, 0.29) is 5.78 Å². The second kappa shape index (κ2) is 5.17. The molecule has 100 valence electrons. The van der Waals surface area contributed by atoms with Crippen LogP contribution < -0.4 is 5.73 Å². The quantitative estimate of drug-likeness (QED) is 0.850. The lowest BCUT2D eigenvalue weighted by atomic mass is 10.0. The van der Waals surface area contributed by atoms with Gasteiger partial charge >= 0.3 is 0 Å². The lowest BCUT2D eigenvalue weighted by Crippen LogP contribution is -2.06. The van der Waals surface area contributed by atoms with E-state index in [0.29, 0.717) is 10.6 Å². The Morgan fingerprint density at radius 3 is 2.55 bits per heavy atom. The highest BCUT2D eigenvalue weighted by atomic mass is 32.2. The summed E-state index contributed by atoms with van der Waals surface area (Å²) in [5, 5.41) is 0. The van der Waals surface area contributed by atoms with Crippen molar-refractivity contribution in [2.45, 2.75) is 18.2 Å². The Labute approximate surface area is 122 Å². The van der Waals surface area contributed by atoms with Crippen molar-refractivity contribution < 1.29 is 4.79 Å². The molecule has 0 fully saturated rings. The number of thioether (sulfide) groups is 1. The van der Waals surface area contributed by atoms with Gasteiger partial charge in [0.15, 0.2) is 0 Å². The summed E-state index contributed by atoms with van der Waals surface area (Å²) in [6.45, 7) is 2.09. The number of benzene rings is 2. The molecular weight excluding hydrogens is 266 g/mol. The molecule has 3 heteroatoms. The van der Waals surface area contributed by atoms with Crippen LogP contribution in [0.3, 0.4) is 0 Å². The highest BCUT2D eigenvalue weighted by Crippen LogP contribution is 2.42. The van der Waals surface area contributed by atoms with Gasteiger partial charge in [-0.2, -0.15) is 0 Å². The second-order valence-corrected chi connectivity index (χ2v) is 5.73. The Morgan fingerprint density at radius 2 is 1.80 bits per heavy atom. The van der Waals surface area contributed by atoms with Gasteiger partial charge in [-0.25, -0.2) is 0 Å². The minimum absolute atomic E-state index is 0.0361. The molecule has 0 amide bonds. The van der Waals surface area contributed by atoms with Gasteiger partial charge in [-0.05, 0) is 24.1 Å². The van der Waals surface area contributed by atoms with Gasteiger partial charge in [0.1, 0.15) is 0 Å². The second-order valence-electron chi connectivity index (χ2n) is 4.68. The number of fused-ring (bicyclic) bond motifs is 1. The van der Waals surface area contributed by atoms with Crippen LogP contribution in [0.1, 0.15) is 28.4 Å². The Hall–Kier alpha value is -2.00. The molecule has 1 aliphatic heterocycles. The van der Waals surface area contributed by atoms with Crippen LogP contribution in [0.5, 0.6) is 0 Å². The predicted octanol–water partition coefficient (Wildman–Crippen LogP) is 3.86. The van der Waals surface area contributed by atoms with Crippen LogP contribution in [-0.2, 0) is 6.42 Å². The SMILES string of the molecule is CCc1ccccc1/C(N)=C1\Sc2ccccc2C1=O. The van der Waals surface area contributed by atoms with E-state index in [9.17, 15) is 4.79 Å².